The number of nitrogens with one attached hydrogen (secondary N) is 1. The van der Waals surface area contributed by atoms with Gasteiger partial charge in [-0.3, -0.25) is 9.69 Å². The summed E-state index contributed by atoms with van der Waals surface area (Å²) < 4.78 is 0. The molecule has 2 saturated heterocycles. The second kappa shape index (κ2) is 11.3. The molecule has 2 atom stereocenters. The first-order chi connectivity index (χ1) is 17.0. The van der Waals surface area contributed by atoms with Crippen LogP contribution >= 0.6 is 23.2 Å². The number of carbonyl (C=O) groups is 1. The fourth-order valence-electron chi connectivity index (χ4n) is 5.43. The van der Waals surface area contributed by atoms with Crippen molar-refractivity contribution in [1.82, 2.24) is 15.1 Å². The molecule has 0 radical (unpaired) electrons. The van der Waals surface area contributed by atoms with E-state index in [1.165, 1.54) is 11.1 Å². The molecule has 0 bridgehead atoms. The molecule has 2 aliphatic rings. The van der Waals surface area contributed by atoms with Crippen molar-refractivity contribution in [3.05, 3.63) is 63.6 Å². The van der Waals surface area contributed by atoms with E-state index in [2.05, 4.69) is 53.2 Å². The number of halogens is 2. The molecule has 196 valence electrons. The van der Waals surface area contributed by atoms with Crippen LogP contribution in [-0.2, 0) is 11.3 Å². The van der Waals surface area contributed by atoms with Crippen molar-refractivity contribution >= 4 is 34.8 Å². The molecule has 2 aromatic carbocycles. The van der Waals surface area contributed by atoms with E-state index in [4.69, 9.17) is 23.2 Å². The molecule has 2 aliphatic heterocycles. The van der Waals surface area contributed by atoms with Crippen molar-refractivity contribution in [3.63, 3.8) is 0 Å². The average Bonchev–Trinajstić information content (AvgIpc) is 2.83. The quantitative estimate of drug-likeness (QED) is 0.525. The van der Waals surface area contributed by atoms with Gasteiger partial charge in [0.1, 0.15) is 0 Å². The van der Waals surface area contributed by atoms with E-state index < -0.39 is 5.41 Å². The van der Waals surface area contributed by atoms with E-state index >= 15 is 0 Å². The van der Waals surface area contributed by atoms with Crippen molar-refractivity contribution in [1.29, 1.82) is 0 Å². The van der Waals surface area contributed by atoms with Crippen LogP contribution in [0.15, 0.2) is 42.5 Å². The van der Waals surface area contributed by atoms with Crippen LogP contribution < -0.4 is 10.2 Å². The highest BCUT2D eigenvalue weighted by atomic mass is 35.5. The van der Waals surface area contributed by atoms with Gasteiger partial charge in [0.15, 0.2) is 0 Å². The van der Waals surface area contributed by atoms with E-state index in [1.54, 1.807) is 6.07 Å². The molecule has 4 rings (SSSR count). The maximum absolute atomic E-state index is 13.2. The fraction of sp³-hybridized carbons (Fsp3) is 0.552. The molecule has 2 fully saturated rings. The Balaban J connectivity index is 1.59. The maximum atomic E-state index is 13.2. The summed E-state index contributed by atoms with van der Waals surface area (Å²) in [5.41, 5.74) is 3.06. The molecule has 5 nitrogen and oxygen atoms in total. The van der Waals surface area contributed by atoms with Gasteiger partial charge in [0.05, 0.1) is 16.8 Å². The molecule has 0 spiro atoms. The zero-order valence-corrected chi connectivity index (χ0v) is 23.7. The number of amides is 1. The van der Waals surface area contributed by atoms with E-state index in [1.807, 2.05) is 37.8 Å². The number of anilines is 1. The van der Waals surface area contributed by atoms with Crippen molar-refractivity contribution in [2.45, 2.75) is 53.2 Å². The Hall–Kier alpha value is -1.79. The lowest BCUT2D eigenvalue weighted by Crippen LogP contribution is -2.53. The van der Waals surface area contributed by atoms with Crippen LogP contribution in [-0.4, -0.2) is 61.0 Å². The number of hydrogen-bond donors (Lipinski definition) is 1. The Labute approximate surface area is 226 Å². The minimum Gasteiger partial charge on any atom is -0.360 e. The third-order valence-corrected chi connectivity index (χ3v) is 7.98. The third kappa shape index (κ3) is 6.19. The maximum Gasteiger partial charge on any atom is 0.228 e. The van der Waals surface area contributed by atoms with E-state index in [-0.39, 0.29) is 11.9 Å². The molecular weight excluding hydrogens is 491 g/mol. The first-order valence-corrected chi connectivity index (χ1v) is 13.8. The van der Waals surface area contributed by atoms with Crippen LogP contribution in [0.3, 0.4) is 0 Å². The summed E-state index contributed by atoms with van der Waals surface area (Å²) in [4.78, 5) is 20.1. The first-order valence-electron chi connectivity index (χ1n) is 13.1. The van der Waals surface area contributed by atoms with Crippen molar-refractivity contribution in [3.8, 4) is 0 Å². The lowest BCUT2D eigenvalue weighted by Gasteiger charge is -2.45. The highest BCUT2D eigenvalue weighted by molar-refractivity contribution is 6.36. The summed E-state index contributed by atoms with van der Waals surface area (Å²) in [5, 5.41) is 4.80. The summed E-state index contributed by atoms with van der Waals surface area (Å²) in [5.74, 6) is 0.799. The van der Waals surface area contributed by atoms with Gasteiger partial charge in [-0.1, -0.05) is 82.1 Å². The molecule has 0 saturated carbocycles. The second-order valence-electron chi connectivity index (χ2n) is 11.5. The molecular formula is C29H40Cl2N4O. The van der Waals surface area contributed by atoms with Gasteiger partial charge >= 0.3 is 0 Å². The smallest absolute Gasteiger partial charge is 0.228 e. The summed E-state index contributed by atoms with van der Waals surface area (Å²) >= 11 is 12.8. The Morgan fingerprint density at radius 2 is 1.78 bits per heavy atom. The van der Waals surface area contributed by atoms with E-state index in [0.29, 0.717) is 41.6 Å². The molecule has 0 aromatic heterocycles. The predicted octanol–water partition coefficient (Wildman–Crippen LogP) is 5.86. The SMILES string of the molecule is CC(C)[C@H]1CNCCN1Cc1ccc([C@@H]2CN(C(=O)C(C)(C)C)CCN2c2ccc(Cl)cc2Cl)cc1. The van der Waals surface area contributed by atoms with E-state index in [9.17, 15) is 4.79 Å². The van der Waals surface area contributed by atoms with Crippen LogP contribution in [0.5, 0.6) is 0 Å². The lowest BCUT2D eigenvalue weighted by atomic mass is 9.92. The van der Waals surface area contributed by atoms with Gasteiger partial charge in [-0.25, -0.2) is 0 Å². The minimum absolute atomic E-state index is 0.0142. The molecule has 0 aliphatic carbocycles. The molecule has 36 heavy (non-hydrogen) atoms. The minimum atomic E-state index is -0.412. The summed E-state index contributed by atoms with van der Waals surface area (Å²) in [6, 6.07) is 15.2. The highest BCUT2D eigenvalue weighted by Crippen LogP contribution is 2.37. The molecule has 7 heteroatoms. The van der Waals surface area contributed by atoms with Gasteiger partial charge < -0.3 is 15.1 Å². The van der Waals surface area contributed by atoms with Crippen LogP contribution in [0.2, 0.25) is 10.0 Å². The molecule has 0 unspecified atom stereocenters. The third-order valence-electron chi connectivity index (χ3n) is 7.45. The summed E-state index contributed by atoms with van der Waals surface area (Å²) in [6.07, 6.45) is 0. The predicted molar refractivity (Wildman–Crippen MR) is 151 cm³/mol. The lowest BCUT2D eigenvalue weighted by molar-refractivity contribution is -0.140. The van der Waals surface area contributed by atoms with Crippen LogP contribution in [0.4, 0.5) is 5.69 Å². The fourth-order valence-corrected chi connectivity index (χ4v) is 5.95. The number of rotatable bonds is 5. The van der Waals surface area contributed by atoms with Crippen molar-refractivity contribution in [2.24, 2.45) is 11.3 Å². The highest BCUT2D eigenvalue weighted by Gasteiger charge is 2.35. The second-order valence-corrected chi connectivity index (χ2v) is 12.4. The van der Waals surface area contributed by atoms with Gasteiger partial charge in [-0.05, 0) is 35.2 Å². The summed E-state index contributed by atoms with van der Waals surface area (Å²) in [7, 11) is 0. The van der Waals surface area contributed by atoms with Crippen molar-refractivity contribution < 1.29 is 4.79 Å². The van der Waals surface area contributed by atoms with Crippen LogP contribution in [0.25, 0.3) is 0 Å². The Kier molecular flexibility index (Phi) is 8.56. The molecule has 1 N–H and O–H groups in total. The first kappa shape index (κ1) is 27.3. The average molecular weight is 532 g/mol. The van der Waals surface area contributed by atoms with Crippen LogP contribution in [0.1, 0.15) is 51.8 Å². The van der Waals surface area contributed by atoms with E-state index in [0.717, 1.165) is 31.9 Å². The largest absolute Gasteiger partial charge is 0.360 e. The molecule has 2 aromatic rings. The monoisotopic (exact) mass is 530 g/mol. The summed E-state index contributed by atoms with van der Waals surface area (Å²) in [6.45, 7) is 16.7. The molecule has 2 heterocycles. The number of carbonyl (C=O) groups excluding carboxylic acids is 1. The van der Waals surface area contributed by atoms with Gasteiger partial charge in [-0.15, -0.1) is 0 Å². The Bertz CT molecular complexity index is 1050. The van der Waals surface area contributed by atoms with Gasteiger partial charge in [-0.2, -0.15) is 0 Å². The zero-order chi connectivity index (χ0) is 26.0. The van der Waals surface area contributed by atoms with Gasteiger partial charge in [0, 0.05) is 62.3 Å². The van der Waals surface area contributed by atoms with Gasteiger partial charge in [0.25, 0.3) is 0 Å². The number of benzene rings is 2. The molecule has 1 amide bonds. The number of piperazine rings is 2. The number of hydrogen-bond acceptors (Lipinski definition) is 4. The topological polar surface area (TPSA) is 38.8 Å². The Morgan fingerprint density at radius 3 is 2.42 bits per heavy atom. The Morgan fingerprint density at radius 1 is 1.06 bits per heavy atom. The number of nitrogens with zero attached hydrogens (tertiary/aromatic N) is 3. The van der Waals surface area contributed by atoms with Crippen molar-refractivity contribution in [2.75, 3.05) is 44.2 Å². The normalized spacial score (nSPS) is 21.8. The van der Waals surface area contributed by atoms with Crippen LogP contribution in [0, 0.1) is 11.3 Å². The zero-order valence-electron chi connectivity index (χ0n) is 22.2. The van der Waals surface area contributed by atoms with Gasteiger partial charge in [0.2, 0.25) is 5.91 Å². The standard InChI is InChI=1S/C29H40Cl2N4O/c1-20(2)26-17-32-12-13-33(26)18-21-6-8-22(9-7-21)27-19-34(28(36)29(3,4)5)14-15-35(27)25-11-10-23(30)16-24(25)31/h6-11,16,20,26-27,32H,12-15,17-19H2,1-5H3/t26-,27+/m1/s1.